The molecule has 4 N–H and O–H groups in total. The van der Waals surface area contributed by atoms with Gasteiger partial charge in [0, 0.05) is 29.6 Å². The number of hydrogen-bond donors (Lipinski definition) is 3. The van der Waals surface area contributed by atoms with Gasteiger partial charge in [-0.1, -0.05) is 0 Å². The van der Waals surface area contributed by atoms with E-state index in [2.05, 4.69) is 25.7 Å². The van der Waals surface area contributed by atoms with Crippen molar-refractivity contribution in [3.63, 3.8) is 0 Å². The van der Waals surface area contributed by atoms with Crippen molar-refractivity contribution in [1.29, 1.82) is 0 Å². The van der Waals surface area contributed by atoms with E-state index in [9.17, 15) is 4.79 Å². The van der Waals surface area contributed by atoms with Gasteiger partial charge < -0.3 is 11.1 Å². The summed E-state index contributed by atoms with van der Waals surface area (Å²) in [5.74, 6) is 2.75. The predicted octanol–water partition coefficient (Wildman–Crippen LogP) is 1.58. The number of piperidine rings is 1. The second kappa shape index (κ2) is 6.99. The molecule has 1 aliphatic carbocycles. The second-order valence-electron chi connectivity index (χ2n) is 8.79. The number of carbonyl (C=O) groups excluding carboxylic acids is 1. The number of aromatic nitrogens is 7. The Morgan fingerprint density at radius 3 is 2.78 bits per heavy atom. The highest BCUT2D eigenvalue weighted by atomic mass is 16.1. The second-order valence-corrected chi connectivity index (χ2v) is 8.79. The molecule has 2 fully saturated rings. The van der Waals surface area contributed by atoms with Crippen LogP contribution in [-0.2, 0) is 13.1 Å². The highest BCUT2D eigenvalue weighted by Gasteiger charge is 2.52. The van der Waals surface area contributed by atoms with Crippen molar-refractivity contribution in [2.45, 2.75) is 26.9 Å². The molecule has 0 bridgehead atoms. The first-order valence-corrected chi connectivity index (χ1v) is 11.0. The Morgan fingerprint density at radius 2 is 2.03 bits per heavy atom. The summed E-state index contributed by atoms with van der Waals surface area (Å²) in [7, 11) is 0. The van der Waals surface area contributed by atoms with Crippen LogP contribution in [0.1, 0.15) is 23.0 Å². The molecular weight excluding hydrogens is 406 g/mol. The SMILES string of the molecule is CCn1nc(C)cc1-c1nc(-c2cc(C(N)=O)cc3c2cnn3CC2C3CNCC32)n[nH]1. The molecule has 3 aromatic heterocycles. The monoisotopic (exact) mass is 431 g/mol. The normalized spacial score (nSPS) is 21.9. The number of aromatic amines is 1. The minimum atomic E-state index is -0.483. The van der Waals surface area contributed by atoms with Crippen molar-refractivity contribution in [3.8, 4) is 22.9 Å². The number of nitrogens with two attached hydrogens (primary N) is 1. The maximum Gasteiger partial charge on any atom is 0.248 e. The molecule has 1 aliphatic heterocycles. The predicted molar refractivity (Wildman–Crippen MR) is 119 cm³/mol. The van der Waals surface area contributed by atoms with Crippen LogP contribution in [0.3, 0.4) is 0 Å². The first-order chi connectivity index (χ1) is 15.5. The molecule has 4 aromatic rings. The lowest BCUT2D eigenvalue weighted by atomic mass is 10.0. The van der Waals surface area contributed by atoms with E-state index in [4.69, 9.17) is 10.7 Å². The Kier molecular flexibility index (Phi) is 4.19. The molecule has 164 valence electrons. The maximum absolute atomic E-state index is 12.1. The lowest BCUT2D eigenvalue weighted by molar-refractivity contribution is 0.100. The van der Waals surface area contributed by atoms with Crippen LogP contribution in [0.2, 0.25) is 0 Å². The summed E-state index contributed by atoms with van der Waals surface area (Å²) in [4.78, 5) is 16.8. The van der Waals surface area contributed by atoms with E-state index in [1.54, 1.807) is 6.07 Å². The van der Waals surface area contributed by atoms with Crippen LogP contribution in [-0.4, -0.2) is 53.7 Å². The third-order valence-electron chi connectivity index (χ3n) is 6.87. The first-order valence-electron chi connectivity index (χ1n) is 11.0. The molecule has 10 heteroatoms. The Balaban J connectivity index is 1.42. The van der Waals surface area contributed by atoms with Crippen molar-refractivity contribution in [3.05, 3.63) is 35.7 Å². The van der Waals surface area contributed by atoms with E-state index < -0.39 is 5.91 Å². The summed E-state index contributed by atoms with van der Waals surface area (Å²) in [6.45, 7) is 7.72. The lowest BCUT2D eigenvalue weighted by Gasteiger charge is -2.08. The molecule has 2 atom stereocenters. The number of nitrogens with one attached hydrogen (secondary N) is 2. The average molecular weight is 432 g/mol. The summed E-state index contributed by atoms with van der Waals surface area (Å²) in [5, 5.41) is 21.0. The van der Waals surface area contributed by atoms with Crippen LogP contribution in [0.4, 0.5) is 0 Å². The topological polar surface area (TPSA) is 132 Å². The Labute approximate surface area is 184 Å². The van der Waals surface area contributed by atoms with E-state index in [0.29, 0.717) is 23.1 Å². The minimum Gasteiger partial charge on any atom is -0.366 e. The maximum atomic E-state index is 12.1. The summed E-state index contributed by atoms with van der Waals surface area (Å²) in [5.41, 5.74) is 9.49. The molecule has 1 amide bonds. The fourth-order valence-corrected chi connectivity index (χ4v) is 5.14. The van der Waals surface area contributed by atoms with Gasteiger partial charge >= 0.3 is 0 Å². The largest absolute Gasteiger partial charge is 0.366 e. The number of nitrogens with zero attached hydrogens (tertiary/aromatic N) is 6. The first kappa shape index (κ1) is 19.2. The summed E-state index contributed by atoms with van der Waals surface area (Å²) < 4.78 is 3.88. The van der Waals surface area contributed by atoms with E-state index in [-0.39, 0.29) is 0 Å². The van der Waals surface area contributed by atoms with Gasteiger partial charge in [0.15, 0.2) is 11.6 Å². The standard InChI is InChI=1S/C22H25N9O/c1-3-30-19(4-11(2)29-30)22-26-21(27-28-22)13-5-12(20(23)32)6-18-16(13)9-25-31(18)10-17-14-7-24-8-15(14)17/h4-6,9,14-15,17,24H,3,7-8,10H2,1-2H3,(H2,23,32)(H,26,27,28). The summed E-state index contributed by atoms with van der Waals surface area (Å²) in [6.07, 6.45) is 1.84. The fourth-order valence-electron chi connectivity index (χ4n) is 5.14. The van der Waals surface area contributed by atoms with Crippen LogP contribution in [0.5, 0.6) is 0 Å². The number of H-pyrrole nitrogens is 1. The van der Waals surface area contributed by atoms with E-state index >= 15 is 0 Å². The molecule has 6 rings (SSSR count). The minimum absolute atomic E-state index is 0.424. The van der Waals surface area contributed by atoms with Gasteiger partial charge in [0.2, 0.25) is 5.91 Å². The molecule has 1 aromatic carbocycles. The number of rotatable bonds is 6. The van der Waals surface area contributed by atoms with Gasteiger partial charge in [-0.25, -0.2) is 4.98 Å². The molecule has 1 saturated heterocycles. The van der Waals surface area contributed by atoms with Crippen LogP contribution in [0.15, 0.2) is 24.4 Å². The molecule has 2 unspecified atom stereocenters. The van der Waals surface area contributed by atoms with Crippen molar-refractivity contribution >= 4 is 16.8 Å². The number of benzene rings is 1. The number of carbonyl (C=O) groups is 1. The molecule has 4 heterocycles. The molecular formula is C22H25N9O. The number of hydrogen-bond acceptors (Lipinski definition) is 6. The van der Waals surface area contributed by atoms with Crippen LogP contribution >= 0.6 is 0 Å². The van der Waals surface area contributed by atoms with Crippen molar-refractivity contribution in [2.24, 2.45) is 23.5 Å². The van der Waals surface area contributed by atoms with Gasteiger partial charge in [-0.05, 0) is 62.9 Å². The highest BCUT2D eigenvalue weighted by Crippen LogP contribution is 2.49. The highest BCUT2D eigenvalue weighted by molar-refractivity contribution is 6.02. The van der Waals surface area contributed by atoms with Gasteiger partial charge in [-0.3, -0.25) is 19.3 Å². The van der Waals surface area contributed by atoms with Gasteiger partial charge in [-0.15, -0.1) is 0 Å². The number of fused-ring (bicyclic) bond motifs is 2. The average Bonchev–Trinajstić information content (AvgIpc) is 3.37. The number of primary amides is 1. The van der Waals surface area contributed by atoms with E-state index in [1.807, 2.05) is 41.5 Å². The van der Waals surface area contributed by atoms with E-state index in [0.717, 1.165) is 65.9 Å². The molecule has 0 spiro atoms. The molecule has 1 saturated carbocycles. The zero-order valence-electron chi connectivity index (χ0n) is 18.0. The van der Waals surface area contributed by atoms with Gasteiger partial charge in [0.25, 0.3) is 0 Å². The fraction of sp³-hybridized carbons (Fsp3) is 0.409. The Morgan fingerprint density at radius 1 is 1.22 bits per heavy atom. The molecule has 0 radical (unpaired) electrons. The quantitative estimate of drug-likeness (QED) is 0.425. The van der Waals surface area contributed by atoms with Crippen LogP contribution in [0, 0.1) is 24.7 Å². The van der Waals surface area contributed by atoms with E-state index in [1.165, 1.54) is 0 Å². The third-order valence-corrected chi connectivity index (χ3v) is 6.87. The van der Waals surface area contributed by atoms with Gasteiger partial charge in [-0.2, -0.15) is 15.3 Å². The van der Waals surface area contributed by atoms with Crippen LogP contribution < -0.4 is 11.1 Å². The Hall–Kier alpha value is -3.53. The van der Waals surface area contributed by atoms with Crippen LogP contribution in [0.25, 0.3) is 33.8 Å². The zero-order chi connectivity index (χ0) is 22.0. The van der Waals surface area contributed by atoms with Crippen molar-refractivity contribution in [2.75, 3.05) is 13.1 Å². The van der Waals surface area contributed by atoms with Gasteiger partial charge in [0.05, 0.1) is 17.4 Å². The molecule has 2 aliphatic rings. The summed E-state index contributed by atoms with van der Waals surface area (Å²) >= 11 is 0. The lowest BCUT2D eigenvalue weighted by Crippen LogP contribution is -2.17. The number of amides is 1. The molecule has 32 heavy (non-hydrogen) atoms. The summed E-state index contributed by atoms with van der Waals surface area (Å²) in [6, 6.07) is 5.55. The van der Waals surface area contributed by atoms with Gasteiger partial charge in [0.1, 0.15) is 5.69 Å². The molecule has 10 nitrogen and oxygen atoms in total. The zero-order valence-corrected chi connectivity index (χ0v) is 18.0. The van der Waals surface area contributed by atoms with Crippen molar-refractivity contribution < 1.29 is 4.79 Å². The number of aryl methyl sites for hydroxylation is 2. The van der Waals surface area contributed by atoms with Crippen molar-refractivity contribution in [1.82, 2.24) is 40.1 Å². The third kappa shape index (κ3) is 2.94. The Bertz CT molecular complexity index is 1340. The smallest absolute Gasteiger partial charge is 0.248 e.